The summed E-state index contributed by atoms with van der Waals surface area (Å²) in [5.74, 6) is 0. The van der Waals surface area contributed by atoms with Gasteiger partial charge in [0, 0.05) is 22.3 Å². The maximum absolute atomic E-state index is 4.43. The van der Waals surface area contributed by atoms with E-state index in [1.807, 2.05) is 16.9 Å². The minimum atomic E-state index is 0.358. The highest BCUT2D eigenvalue weighted by Crippen LogP contribution is 2.14. The van der Waals surface area contributed by atoms with Gasteiger partial charge in [0.25, 0.3) is 0 Å². The largest absolute Gasteiger partial charge is 0.310 e. The van der Waals surface area contributed by atoms with Gasteiger partial charge in [0.15, 0.2) is 0 Å². The van der Waals surface area contributed by atoms with E-state index in [0.717, 1.165) is 24.0 Å². The lowest BCUT2D eigenvalue weighted by Gasteiger charge is -2.10. The number of nitrogens with one attached hydrogen (secondary N) is 1. The predicted molar refractivity (Wildman–Crippen MR) is 82.2 cm³/mol. The first-order chi connectivity index (χ1) is 9.19. The first-order valence-corrected chi connectivity index (χ1v) is 7.48. The van der Waals surface area contributed by atoms with Crippen LogP contribution >= 0.6 is 15.9 Å². The topological polar surface area (TPSA) is 29.9 Å². The molecule has 1 heterocycles. The van der Waals surface area contributed by atoms with Gasteiger partial charge in [-0.15, -0.1) is 0 Å². The smallest absolute Gasteiger partial charge is 0.0659 e. The number of nitrogens with zero attached hydrogens (tertiary/aromatic N) is 2. The monoisotopic (exact) mass is 321 g/mol. The summed E-state index contributed by atoms with van der Waals surface area (Å²) in [5, 5.41) is 7.91. The minimum absolute atomic E-state index is 0.358. The molecule has 0 radical (unpaired) electrons. The van der Waals surface area contributed by atoms with E-state index < -0.39 is 0 Å². The normalized spacial score (nSPS) is 12.6. The molecule has 0 spiro atoms. The summed E-state index contributed by atoms with van der Waals surface area (Å²) in [6.07, 6.45) is 5.22. The summed E-state index contributed by atoms with van der Waals surface area (Å²) < 4.78 is 3.09. The van der Waals surface area contributed by atoms with Gasteiger partial charge in [-0.3, -0.25) is 4.68 Å². The molecule has 0 bridgehead atoms. The van der Waals surface area contributed by atoms with Crippen molar-refractivity contribution >= 4 is 15.9 Å². The lowest BCUT2D eigenvalue weighted by Crippen LogP contribution is -2.18. The Morgan fingerprint density at radius 2 is 2.26 bits per heavy atom. The van der Waals surface area contributed by atoms with Crippen LogP contribution in [0.2, 0.25) is 0 Å². The zero-order chi connectivity index (χ0) is 13.7. The third kappa shape index (κ3) is 4.18. The van der Waals surface area contributed by atoms with Crippen molar-refractivity contribution in [3.05, 3.63) is 52.3 Å². The van der Waals surface area contributed by atoms with Gasteiger partial charge in [0.1, 0.15) is 0 Å². The fourth-order valence-electron chi connectivity index (χ4n) is 1.99. The highest BCUT2D eigenvalue weighted by Gasteiger charge is 2.07. The lowest BCUT2D eigenvalue weighted by molar-refractivity contribution is 0.569. The molecule has 102 valence electrons. The summed E-state index contributed by atoms with van der Waals surface area (Å²) in [4.78, 5) is 0. The van der Waals surface area contributed by atoms with Crippen LogP contribution in [-0.2, 0) is 6.54 Å². The zero-order valence-electron chi connectivity index (χ0n) is 11.4. The summed E-state index contributed by atoms with van der Waals surface area (Å²) >= 11 is 3.49. The highest BCUT2D eigenvalue weighted by molar-refractivity contribution is 9.10. The molecule has 1 unspecified atom stereocenters. The molecule has 1 aromatic carbocycles. The number of benzene rings is 1. The van der Waals surface area contributed by atoms with Gasteiger partial charge in [-0.2, -0.15) is 5.10 Å². The van der Waals surface area contributed by atoms with E-state index in [0.29, 0.717) is 6.04 Å². The lowest BCUT2D eigenvalue weighted by atomic mass is 10.2. The number of hydrogen-bond acceptors (Lipinski definition) is 2. The Morgan fingerprint density at radius 3 is 3.00 bits per heavy atom. The molecule has 0 amide bonds. The van der Waals surface area contributed by atoms with E-state index >= 15 is 0 Å². The van der Waals surface area contributed by atoms with Crippen molar-refractivity contribution in [1.29, 1.82) is 0 Å². The van der Waals surface area contributed by atoms with Gasteiger partial charge in [0.05, 0.1) is 12.7 Å². The third-order valence-electron chi connectivity index (χ3n) is 3.09. The van der Waals surface area contributed by atoms with E-state index in [1.54, 1.807) is 0 Å². The molecule has 0 saturated carbocycles. The number of aromatic nitrogens is 2. The summed E-state index contributed by atoms with van der Waals surface area (Å²) in [5.41, 5.74) is 2.49. The van der Waals surface area contributed by atoms with Crippen molar-refractivity contribution in [1.82, 2.24) is 15.1 Å². The molecule has 4 heteroatoms. The molecule has 0 aliphatic carbocycles. The average molecular weight is 322 g/mol. The van der Waals surface area contributed by atoms with Crippen LogP contribution in [0, 0.1) is 0 Å². The van der Waals surface area contributed by atoms with Crippen molar-refractivity contribution in [3.8, 4) is 0 Å². The van der Waals surface area contributed by atoms with Crippen LogP contribution in [0.1, 0.15) is 37.4 Å². The fourth-order valence-corrected chi connectivity index (χ4v) is 2.44. The molecule has 0 aliphatic heterocycles. The first kappa shape index (κ1) is 14.3. The maximum Gasteiger partial charge on any atom is 0.0659 e. The molecule has 1 aromatic heterocycles. The molecule has 0 fully saturated rings. The van der Waals surface area contributed by atoms with E-state index in [9.17, 15) is 0 Å². The van der Waals surface area contributed by atoms with E-state index in [1.165, 1.54) is 11.1 Å². The van der Waals surface area contributed by atoms with Crippen LogP contribution in [0.3, 0.4) is 0 Å². The SMILES string of the molecule is CCCNC(C)c1cnn(Cc2cccc(Br)c2)c1. The molecule has 2 rings (SSSR count). The first-order valence-electron chi connectivity index (χ1n) is 6.69. The maximum atomic E-state index is 4.43. The van der Waals surface area contributed by atoms with E-state index in [2.05, 4.69) is 64.6 Å². The van der Waals surface area contributed by atoms with Gasteiger partial charge < -0.3 is 5.32 Å². The third-order valence-corrected chi connectivity index (χ3v) is 3.58. The quantitative estimate of drug-likeness (QED) is 0.878. The summed E-state index contributed by atoms with van der Waals surface area (Å²) in [6.45, 7) is 6.20. The van der Waals surface area contributed by atoms with Crippen molar-refractivity contribution in [2.45, 2.75) is 32.9 Å². The van der Waals surface area contributed by atoms with Crippen molar-refractivity contribution in [2.24, 2.45) is 0 Å². The molecular formula is C15H20BrN3. The Labute approximate surface area is 123 Å². The summed E-state index contributed by atoms with van der Waals surface area (Å²) in [7, 11) is 0. The predicted octanol–water partition coefficient (Wildman–Crippen LogP) is 3.75. The van der Waals surface area contributed by atoms with Crippen molar-refractivity contribution in [3.63, 3.8) is 0 Å². The fraction of sp³-hybridized carbons (Fsp3) is 0.400. The van der Waals surface area contributed by atoms with Gasteiger partial charge in [-0.05, 0) is 37.6 Å². The van der Waals surface area contributed by atoms with Crippen LogP contribution in [0.4, 0.5) is 0 Å². The van der Waals surface area contributed by atoms with Crippen LogP contribution in [-0.4, -0.2) is 16.3 Å². The molecule has 1 N–H and O–H groups in total. The molecule has 0 saturated heterocycles. The number of halogens is 1. The molecule has 2 aromatic rings. The summed E-state index contributed by atoms with van der Waals surface area (Å²) in [6, 6.07) is 8.69. The Hall–Kier alpha value is -1.13. The highest BCUT2D eigenvalue weighted by atomic mass is 79.9. The van der Waals surface area contributed by atoms with Crippen LogP contribution < -0.4 is 5.32 Å². The molecule has 1 atom stereocenters. The van der Waals surface area contributed by atoms with Crippen LogP contribution in [0.25, 0.3) is 0 Å². The van der Waals surface area contributed by atoms with Gasteiger partial charge >= 0.3 is 0 Å². The molecule has 0 aliphatic rings. The van der Waals surface area contributed by atoms with Crippen molar-refractivity contribution < 1.29 is 0 Å². The second-order valence-electron chi connectivity index (χ2n) is 4.78. The minimum Gasteiger partial charge on any atom is -0.310 e. The van der Waals surface area contributed by atoms with E-state index in [-0.39, 0.29) is 0 Å². The van der Waals surface area contributed by atoms with Crippen molar-refractivity contribution in [2.75, 3.05) is 6.54 Å². The Balaban J connectivity index is 2.01. The Morgan fingerprint density at radius 1 is 1.42 bits per heavy atom. The van der Waals surface area contributed by atoms with Crippen LogP contribution in [0.15, 0.2) is 41.1 Å². The van der Waals surface area contributed by atoms with Gasteiger partial charge in [-0.25, -0.2) is 0 Å². The van der Waals surface area contributed by atoms with Gasteiger partial charge in [-0.1, -0.05) is 35.0 Å². The second-order valence-corrected chi connectivity index (χ2v) is 5.69. The second kappa shape index (κ2) is 6.87. The van der Waals surface area contributed by atoms with Crippen LogP contribution in [0.5, 0.6) is 0 Å². The molecular weight excluding hydrogens is 302 g/mol. The van der Waals surface area contributed by atoms with E-state index in [4.69, 9.17) is 0 Å². The molecule has 19 heavy (non-hydrogen) atoms. The zero-order valence-corrected chi connectivity index (χ0v) is 13.0. The molecule has 3 nitrogen and oxygen atoms in total. The number of hydrogen-bond donors (Lipinski definition) is 1. The van der Waals surface area contributed by atoms with Gasteiger partial charge in [0.2, 0.25) is 0 Å². The Kier molecular flexibility index (Phi) is 5.16. The Bertz CT molecular complexity index is 522. The average Bonchev–Trinajstić information content (AvgIpc) is 2.84. The standard InChI is InChI=1S/C15H20BrN3/c1-3-7-17-12(2)14-9-18-19(11-14)10-13-5-4-6-15(16)8-13/h4-6,8-9,11-12,17H,3,7,10H2,1-2H3. The number of rotatable bonds is 6.